The smallest absolute Gasteiger partial charge is 0.294 e. The molecule has 0 saturated carbocycles. The van der Waals surface area contributed by atoms with E-state index in [9.17, 15) is 9.59 Å². The van der Waals surface area contributed by atoms with Crippen LogP contribution in [0.15, 0.2) is 18.2 Å². The molecular weight excluding hydrogens is 214 g/mol. The van der Waals surface area contributed by atoms with Crippen LogP contribution in [-0.2, 0) is 4.79 Å². The maximum absolute atomic E-state index is 12.1. The van der Waals surface area contributed by atoms with Crippen LogP contribution in [0, 0.1) is 13.8 Å². The zero-order valence-electron chi connectivity index (χ0n) is 10.3. The second-order valence-corrected chi connectivity index (χ2v) is 4.65. The topological polar surface area (TPSA) is 37.4 Å². The van der Waals surface area contributed by atoms with Crippen LogP contribution in [0.4, 0.5) is 0 Å². The summed E-state index contributed by atoms with van der Waals surface area (Å²) in [5, 5.41) is 0. The van der Waals surface area contributed by atoms with E-state index in [-0.39, 0.29) is 11.7 Å². The van der Waals surface area contributed by atoms with Gasteiger partial charge in [0.1, 0.15) is 0 Å². The third-order valence-corrected chi connectivity index (χ3v) is 3.21. The largest absolute Gasteiger partial charge is 0.336 e. The summed E-state index contributed by atoms with van der Waals surface area (Å²) in [5.74, 6) is -0.723. The molecule has 0 atom stereocenters. The molecular formula is C14H17NO2. The van der Waals surface area contributed by atoms with Crippen LogP contribution in [0.25, 0.3) is 0 Å². The molecule has 1 aliphatic heterocycles. The number of ketones is 1. The Hall–Kier alpha value is -1.64. The second-order valence-electron chi connectivity index (χ2n) is 4.65. The van der Waals surface area contributed by atoms with E-state index >= 15 is 0 Å². The van der Waals surface area contributed by atoms with E-state index < -0.39 is 0 Å². The van der Waals surface area contributed by atoms with Gasteiger partial charge in [0.25, 0.3) is 11.7 Å². The van der Waals surface area contributed by atoms with E-state index in [1.807, 2.05) is 26.0 Å². The average Bonchev–Trinajstić information content (AvgIpc) is 2.80. The second kappa shape index (κ2) is 4.70. The summed E-state index contributed by atoms with van der Waals surface area (Å²) < 4.78 is 0. The van der Waals surface area contributed by atoms with Crippen LogP contribution in [0.1, 0.15) is 34.3 Å². The lowest BCUT2D eigenvalue weighted by molar-refractivity contribution is -0.125. The Labute approximate surface area is 101 Å². The number of benzene rings is 1. The maximum atomic E-state index is 12.1. The van der Waals surface area contributed by atoms with Gasteiger partial charge in [-0.3, -0.25) is 9.59 Å². The minimum absolute atomic E-state index is 0.352. The number of likely N-dealkylation sites (tertiary alicyclic amines) is 1. The Balaban J connectivity index is 2.21. The van der Waals surface area contributed by atoms with E-state index in [1.165, 1.54) is 0 Å². The molecule has 0 radical (unpaired) electrons. The van der Waals surface area contributed by atoms with Crippen molar-refractivity contribution in [2.45, 2.75) is 26.7 Å². The quantitative estimate of drug-likeness (QED) is 0.577. The molecule has 0 unspecified atom stereocenters. The highest BCUT2D eigenvalue weighted by molar-refractivity contribution is 6.43. The van der Waals surface area contributed by atoms with Gasteiger partial charge in [0.15, 0.2) is 0 Å². The van der Waals surface area contributed by atoms with Crippen LogP contribution < -0.4 is 0 Å². The molecule has 17 heavy (non-hydrogen) atoms. The zero-order chi connectivity index (χ0) is 12.4. The number of carbonyl (C=O) groups excluding carboxylic acids is 2. The minimum Gasteiger partial charge on any atom is -0.336 e. The van der Waals surface area contributed by atoms with Crippen molar-refractivity contribution in [2.24, 2.45) is 0 Å². The fraction of sp³-hybridized carbons (Fsp3) is 0.429. The lowest BCUT2D eigenvalue weighted by Crippen LogP contribution is -2.34. The molecule has 90 valence electrons. The van der Waals surface area contributed by atoms with Gasteiger partial charge in [-0.15, -0.1) is 0 Å². The first-order valence-electron chi connectivity index (χ1n) is 6.00. The summed E-state index contributed by atoms with van der Waals surface area (Å²) in [4.78, 5) is 25.7. The molecule has 1 aromatic carbocycles. The van der Waals surface area contributed by atoms with Gasteiger partial charge in [-0.25, -0.2) is 0 Å². The van der Waals surface area contributed by atoms with E-state index in [4.69, 9.17) is 0 Å². The monoisotopic (exact) mass is 231 g/mol. The van der Waals surface area contributed by atoms with Crippen molar-refractivity contribution in [3.63, 3.8) is 0 Å². The van der Waals surface area contributed by atoms with Gasteiger partial charge >= 0.3 is 0 Å². The van der Waals surface area contributed by atoms with Gasteiger partial charge in [0.2, 0.25) is 0 Å². The summed E-state index contributed by atoms with van der Waals surface area (Å²) in [6.07, 6.45) is 2.01. The lowest BCUT2D eigenvalue weighted by atomic mass is 10.0. The van der Waals surface area contributed by atoms with E-state index in [2.05, 4.69) is 0 Å². The molecule has 1 heterocycles. The molecule has 1 aliphatic rings. The Kier molecular flexibility index (Phi) is 3.27. The molecule has 3 nitrogen and oxygen atoms in total. The van der Waals surface area contributed by atoms with Crippen molar-refractivity contribution < 1.29 is 9.59 Å². The van der Waals surface area contributed by atoms with E-state index in [0.29, 0.717) is 5.56 Å². The fourth-order valence-electron chi connectivity index (χ4n) is 2.25. The first kappa shape index (κ1) is 11.8. The van der Waals surface area contributed by atoms with Crippen LogP contribution in [0.3, 0.4) is 0 Å². The van der Waals surface area contributed by atoms with Crippen molar-refractivity contribution in [2.75, 3.05) is 13.1 Å². The molecule has 1 saturated heterocycles. The molecule has 0 N–H and O–H groups in total. The third-order valence-electron chi connectivity index (χ3n) is 3.21. The molecule has 0 bridgehead atoms. The van der Waals surface area contributed by atoms with Gasteiger partial charge in [-0.1, -0.05) is 23.8 Å². The number of hydrogen-bond acceptors (Lipinski definition) is 2. The van der Waals surface area contributed by atoms with E-state index in [1.54, 1.807) is 11.0 Å². The number of carbonyl (C=O) groups is 2. The normalized spacial score (nSPS) is 15.1. The third kappa shape index (κ3) is 2.38. The fourth-order valence-corrected chi connectivity index (χ4v) is 2.25. The SMILES string of the molecule is Cc1ccc(C(=O)C(=O)N2CCCC2)c(C)c1. The van der Waals surface area contributed by atoms with Gasteiger partial charge in [-0.2, -0.15) is 0 Å². The molecule has 1 fully saturated rings. The Bertz CT molecular complexity index is 459. The minimum atomic E-state index is -0.371. The van der Waals surface area contributed by atoms with E-state index in [0.717, 1.165) is 37.1 Å². The summed E-state index contributed by atoms with van der Waals surface area (Å²) >= 11 is 0. The number of Topliss-reactive ketones (excluding diaryl/α,β-unsaturated/α-hetero) is 1. The number of rotatable bonds is 2. The predicted molar refractivity (Wildman–Crippen MR) is 66.1 cm³/mol. The standard InChI is InChI=1S/C14H17NO2/c1-10-5-6-12(11(2)9-10)13(16)14(17)15-7-3-4-8-15/h5-6,9H,3-4,7-8H2,1-2H3. The Morgan fingerprint density at radius 1 is 1.12 bits per heavy atom. The molecule has 1 aromatic rings. The van der Waals surface area contributed by atoms with Crippen LogP contribution in [0.2, 0.25) is 0 Å². The van der Waals surface area contributed by atoms with Crippen molar-refractivity contribution in [3.8, 4) is 0 Å². The van der Waals surface area contributed by atoms with Gasteiger partial charge in [0, 0.05) is 18.7 Å². The summed E-state index contributed by atoms with van der Waals surface area (Å²) in [7, 11) is 0. The average molecular weight is 231 g/mol. The molecule has 2 rings (SSSR count). The number of hydrogen-bond donors (Lipinski definition) is 0. The number of aryl methyl sites for hydroxylation is 2. The summed E-state index contributed by atoms with van der Waals surface area (Å²) in [5.41, 5.74) is 2.52. The summed E-state index contributed by atoms with van der Waals surface area (Å²) in [6.45, 7) is 5.28. The molecule has 0 spiro atoms. The highest BCUT2D eigenvalue weighted by atomic mass is 16.2. The predicted octanol–water partition coefficient (Wildman–Crippen LogP) is 2.11. The first-order valence-corrected chi connectivity index (χ1v) is 6.00. The van der Waals surface area contributed by atoms with Crippen molar-refractivity contribution >= 4 is 11.7 Å². The number of amides is 1. The van der Waals surface area contributed by atoms with Crippen LogP contribution >= 0.6 is 0 Å². The highest BCUT2D eigenvalue weighted by Crippen LogP contribution is 2.15. The first-order chi connectivity index (χ1) is 8.09. The maximum Gasteiger partial charge on any atom is 0.294 e. The van der Waals surface area contributed by atoms with Crippen molar-refractivity contribution in [1.82, 2.24) is 4.90 Å². The Morgan fingerprint density at radius 2 is 1.76 bits per heavy atom. The zero-order valence-corrected chi connectivity index (χ0v) is 10.3. The Morgan fingerprint density at radius 3 is 2.35 bits per heavy atom. The molecule has 0 aromatic heterocycles. The van der Waals surface area contributed by atoms with Gasteiger partial charge < -0.3 is 4.90 Å². The van der Waals surface area contributed by atoms with Crippen molar-refractivity contribution in [1.29, 1.82) is 0 Å². The van der Waals surface area contributed by atoms with Gasteiger partial charge in [0.05, 0.1) is 0 Å². The van der Waals surface area contributed by atoms with Crippen molar-refractivity contribution in [3.05, 3.63) is 34.9 Å². The highest BCUT2D eigenvalue weighted by Gasteiger charge is 2.26. The number of nitrogens with zero attached hydrogens (tertiary/aromatic N) is 1. The van der Waals surface area contributed by atoms with Gasteiger partial charge in [-0.05, 0) is 32.3 Å². The molecule has 3 heteroatoms. The lowest BCUT2D eigenvalue weighted by Gasteiger charge is -2.14. The summed E-state index contributed by atoms with van der Waals surface area (Å²) in [6, 6.07) is 5.56. The van der Waals surface area contributed by atoms with Crippen LogP contribution in [-0.4, -0.2) is 29.7 Å². The molecule has 0 aliphatic carbocycles. The van der Waals surface area contributed by atoms with Crippen LogP contribution in [0.5, 0.6) is 0 Å². The molecule has 1 amide bonds.